The summed E-state index contributed by atoms with van der Waals surface area (Å²) in [6.45, 7) is 8.56. The molecule has 1 N–H and O–H groups in total. The number of cyclic esters (lactones) is 1. The van der Waals surface area contributed by atoms with Gasteiger partial charge in [-0.15, -0.1) is 11.3 Å². The number of carbonyl (C=O) groups excluding carboxylic acids is 1. The molecule has 0 bridgehead atoms. The summed E-state index contributed by atoms with van der Waals surface area (Å²) in [5.74, 6) is 1.22. The molecule has 162 valence electrons. The number of aryl methyl sites for hydroxylation is 1. The second-order valence-corrected chi connectivity index (χ2v) is 9.50. The van der Waals surface area contributed by atoms with Gasteiger partial charge in [0.05, 0.1) is 17.8 Å². The second-order valence-electron chi connectivity index (χ2n) is 7.83. The van der Waals surface area contributed by atoms with E-state index in [1.807, 2.05) is 31.2 Å². The van der Waals surface area contributed by atoms with Crippen LogP contribution in [0.5, 0.6) is 0 Å². The van der Waals surface area contributed by atoms with Gasteiger partial charge in [-0.2, -0.15) is 4.98 Å². The van der Waals surface area contributed by atoms with E-state index in [4.69, 9.17) is 21.3 Å². The van der Waals surface area contributed by atoms with Crippen LogP contribution in [0.25, 0.3) is 11.3 Å². The van der Waals surface area contributed by atoms with Crippen LogP contribution in [0, 0.1) is 12.8 Å². The Kier molecular flexibility index (Phi) is 6.11. The minimum atomic E-state index is -0.375. The summed E-state index contributed by atoms with van der Waals surface area (Å²) in [6, 6.07) is 9.25. The van der Waals surface area contributed by atoms with Crippen molar-refractivity contribution in [3.05, 3.63) is 51.4 Å². The van der Waals surface area contributed by atoms with Gasteiger partial charge in [-0.05, 0) is 38.0 Å². The summed E-state index contributed by atoms with van der Waals surface area (Å²) in [6.07, 6.45) is 1.27. The number of hydrogen-bond donors (Lipinski definition) is 1. The number of benzene rings is 1. The Morgan fingerprint density at radius 2 is 1.94 bits per heavy atom. The minimum Gasteiger partial charge on any atom is -0.447 e. The molecule has 1 aliphatic heterocycles. The highest BCUT2D eigenvalue weighted by atomic mass is 35.5. The fraction of sp³-hybridized carbons (Fsp3) is 0.364. The molecule has 4 rings (SSSR count). The lowest BCUT2D eigenvalue weighted by atomic mass is 10.0. The van der Waals surface area contributed by atoms with Crippen LogP contribution in [-0.2, 0) is 4.74 Å². The lowest BCUT2D eigenvalue weighted by Gasteiger charge is -2.23. The fourth-order valence-electron chi connectivity index (χ4n) is 3.48. The Labute approximate surface area is 190 Å². The Bertz CT molecular complexity index is 1090. The number of ether oxygens (including phenoxy) is 1. The van der Waals surface area contributed by atoms with Crippen LogP contribution >= 0.6 is 22.9 Å². The molecule has 0 aliphatic carbocycles. The highest BCUT2D eigenvalue weighted by Crippen LogP contribution is 2.32. The SMILES string of the molecule is Cc1sc(C(C)Nc2nccc(N3C(=O)OC[C@@H]3C(C)C)n2)nc1-c1ccc(Cl)cc1. The van der Waals surface area contributed by atoms with E-state index >= 15 is 0 Å². The molecular weight excluding hydrogens is 434 g/mol. The molecule has 31 heavy (non-hydrogen) atoms. The van der Waals surface area contributed by atoms with Crippen molar-refractivity contribution in [2.75, 3.05) is 16.8 Å². The zero-order valence-corrected chi connectivity index (χ0v) is 19.4. The van der Waals surface area contributed by atoms with Crippen LogP contribution in [0.15, 0.2) is 36.5 Å². The van der Waals surface area contributed by atoms with E-state index in [2.05, 4.69) is 36.1 Å². The average molecular weight is 458 g/mol. The van der Waals surface area contributed by atoms with Crippen molar-refractivity contribution >= 4 is 40.8 Å². The molecule has 1 aromatic carbocycles. The Balaban J connectivity index is 1.54. The average Bonchev–Trinajstić information content (AvgIpc) is 3.32. The summed E-state index contributed by atoms with van der Waals surface area (Å²) < 4.78 is 5.24. The predicted octanol–water partition coefficient (Wildman–Crippen LogP) is 5.72. The van der Waals surface area contributed by atoms with Crippen molar-refractivity contribution in [3.8, 4) is 11.3 Å². The van der Waals surface area contributed by atoms with Crippen LogP contribution in [0.1, 0.15) is 36.7 Å². The number of nitrogens with zero attached hydrogens (tertiary/aromatic N) is 4. The summed E-state index contributed by atoms with van der Waals surface area (Å²) in [4.78, 5) is 28.7. The number of halogens is 1. The molecule has 9 heteroatoms. The lowest BCUT2D eigenvalue weighted by Crippen LogP contribution is -2.37. The zero-order chi connectivity index (χ0) is 22.1. The number of anilines is 2. The Hall–Kier alpha value is -2.71. The van der Waals surface area contributed by atoms with Crippen LogP contribution in [0.2, 0.25) is 5.02 Å². The maximum Gasteiger partial charge on any atom is 0.415 e. The largest absolute Gasteiger partial charge is 0.447 e. The maximum absolute atomic E-state index is 12.2. The number of carbonyl (C=O) groups is 1. The van der Waals surface area contributed by atoms with Gasteiger partial charge in [0.2, 0.25) is 5.95 Å². The molecule has 1 saturated heterocycles. The molecule has 0 radical (unpaired) electrons. The number of nitrogens with one attached hydrogen (secondary N) is 1. The topological polar surface area (TPSA) is 80.2 Å². The maximum atomic E-state index is 12.2. The molecule has 3 aromatic rings. The first kappa shape index (κ1) is 21.5. The Morgan fingerprint density at radius 3 is 2.65 bits per heavy atom. The van der Waals surface area contributed by atoms with Crippen LogP contribution < -0.4 is 10.2 Å². The normalized spacial score (nSPS) is 17.2. The van der Waals surface area contributed by atoms with E-state index in [1.54, 1.807) is 28.5 Å². The number of thiazole rings is 1. The van der Waals surface area contributed by atoms with Crippen LogP contribution in [0.4, 0.5) is 16.6 Å². The first-order valence-corrected chi connectivity index (χ1v) is 11.3. The molecule has 1 aliphatic rings. The zero-order valence-electron chi connectivity index (χ0n) is 17.8. The second kappa shape index (κ2) is 8.80. The lowest BCUT2D eigenvalue weighted by molar-refractivity contribution is 0.177. The van der Waals surface area contributed by atoms with Gasteiger partial charge in [-0.25, -0.2) is 14.8 Å². The fourth-order valence-corrected chi connectivity index (χ4v) is 4.55. The molecule has 2 atom stereocenters. The Morgan fingerprint density at radius 1 is 1.19 bits per heavy atom. The van der Waals surface area contributed by atoms with Gasteiger partial charge in [-0.3, -0.25) is 4.90 Å². The van der Waals surface area contributed by atoms with Crippen molar-refractivity contribution in [1.29, 1.82) is 0 Å². The standard InChI is InChI=1S/C22H24ClN5O2S/c1-12(2)17-11-30-22(29)28(17)18-9-10-24-21(26-18)25-13(3)20-27-19(14(4)31-20)15-5-7-16(23)8-6-15/h5-10,12-13,17H,11H2,1-4H3,(H,24,25,26)/t13?,17-/m1/s1. The first-order chi connectivity index (χ1) is 14.8. The number of rotatable bonds is 6. The summed E-state index contributed by atoms with van der Waals surface area (Å²) in [5.41, 5.74) is 1.97. The number of hydrogen-bond acceptors (Lipinski definition) is 7. The highest BCUT2D eigenvalue weighted by Gasteiger charge is 2.37. The van der Waals surface area contributed by atoms with E-state index in [0.29, 0.717) is 23.4 Å². The number of amides is 1. The van der Waals surface area contributed by atoms with Crippen molar-refractivity contribution in [3.63, 3.8) is 0 Å². The van der Waals surface area contributed by atoms with Crippen molar-refractivity contribution in [2.24, 2.45) is 5.92 Å². The highest BCUT2D eigenvalue weighted by molar-refractivity contribution is 7.12. The summed E-state index contributed by atoms with van der Waals surface area (Å²) >= 11 is 7.63. The van der Waals surface area contributed by atoms with E-state index in [0.717, 1.165) is 21.1 Å². The quantitative estimate of drug-likeness (QED) is 0.510. The van der Waals surface area contributed by atoms with E-state index in [-0.39, 0.29) is 24.1 Å². The van der Waals surface area contributed by atoms with E-state index < -0.39 is 0 Å². The molecular formula is C22H24ClN5O2S. The molecule has 2 aromatic heterocycles. The molecule has 0 saturated carbocycles. The predicted molar refractivity (Wildman–Crippen MR) is 124 cm³/mol. The molecule has 1 amide bonds. The van der Waals surface area contributed by atoms with Gasteiger partial charge in [0.1, 0.15) is 17.4 Å². The monoisotopic (exact) mass is 457 g/mol. The van der Waals surface area contributed by atoms with Gasteiger partial charge < -0.3 is 10.1 Å². The molecule has 0 spiro atoms. The molecule has 7 nitrogen and oxygen atoms in total. The van der Waals surface area contributed by atoms with Gasteiger partial charge in [0.15, 0.2) is 0 Å². The molecule has 3 heterocycles. The molecule has 1 fully saturated rings. The minimum absolute atomic E-state index is 0.0452. The van der Waals surface area contributed by atoms with Gasteiger partial charge >= 0.3 is 6.09 Å². The van der Waals surface area contributed by atoms with Crippen molar-refractivity contribution in [1.82, 2.24) is 15.0 Å². The summed E-state index contributed by atoms with van der Waals surface area (Å²) in [5, 5.41) is 4.94. The third-order valence-electron chi connectivity index (χ3n) is 5.21. The van der Waals surface area contributed by atoms with Gasteiger partial charge in [0.25, 0.3) is 0 Å². The number of aromatic nitrogens is 3. The molecule has 1 unspecified atom stereocenters. The van der Waals surface area contributed by atoms with Crippen molar-refractivity contribution in [2.45, 2.75) is 39.8 Å². The first-order valence-electron chi connectivity index (χ1n) is 10.1. The third kappa shape index (κ3) is 4.50. The van der Waals surface area contributed by atoms with Gasteiger partial charge in [-0.1, -0.05) is 37.6 Å². The summed E-state index contributed by atoms with van der Waals surface area (Å²) in [7, 11) is 0. The van der Waals surface area contributed by atoms with Crippen molar-refractivity contribution < 1.29 is 9.53 Å². The van der Waals surface area contributed by atoms with E-state index in [9.17, 15) is 4.79 Å². The van der Waals surface area contributed by atoms with Gasteiger partial charge in [0, 0.05) is 21.7 Å². The third-order valence-corrected chi connectivity index (χ3v) is 6.62. The van der Waals surface area contributed by atoms with E-state index in [1.165, 1.54) is 0 Å². The smallest absolute Gasteiger partial charge is 0.415 e. The van der Waals surface area contributed by atoms with Crippen LogP contribution in [-0.4, -0.2) is 33.7 Å². The van der Waals surface area contributed by atoms with Crippen LogP contribution in [0.3, 0.4) is 0 Å².